The Bertz CT molecular complexity index is 1130. The molecule has 2 aromatic heterocycles. The molecule has 0 unspecified atom stereocenters. The number of amides is 1. The van der Waals surface area contributed by atoms with Gasteiger partial charge in [0, 0.05) is 29.0 Å². The maximum atomic E-state index is 12.6. The second kappa shape index (κ2) is 8.92. The average molecular weight is 509 g/mol. The first-order valence-electron chi connectivity index (χ1n) is 11.2. The summed E-state index contributed by atoms with van der Waals surface area (Å²) in [6, 6.07) is -0.339. The van der Waals surface area contributed by atoms with Crippen LogP contribution in [-0.4, -0.2) is 68.8 Å². The molecule has 8 nitrogen and oxygen atoms in total. The third-order valence-corrected chi connectivity index (χ3v) is 10.3. The van der Waals surface area contributed by atoms with Crippen molar-refractivity contribution < 1.29 is 24.4 Å². The van der Waals surface area contributed by atoms with Crippen LogP contribution >= 0.6 is 34.9 Å². The number of carboxylic acids is 1. The Morgan fingerprint density at radius 3 is 2.91 bits per heavy atom. The highest BCUT2D eigenvalue weighted by Crippen LogP contribution is 2.51. The summed E-state index contributed by atoms with van der Waals surface area (Å²) in [4.78, 5) is 27.9. The summed E-state index contributed by atoms with van der Waals surface area (Å²) in [5.41, 5.74) is 0.590. The Labute approximate surface area is 205 Å². The summed E-state index contributed by atoms with van der Waals surface area (Å²) in [5, 5.41) is 27.4. The fourth-order valence-electron chi connectivity index (χ4n) is 5.39. The molecule has 33 heavy (non-hydrogen) atoms. The molecule has 178 valence electrons. The molecule has 5 heterocycles. The van der Waals surface area contributed by atoms with Crippen LogP contribution in [0.4, 0.5) is 0 Å². The number of aliphatic hydroxyl groups excluding tert-OH is 1. The maximum absolute atomic E-state index is 12.6. The van der Waals surface area contributed by atoms with Crippen molar-refractivity contribution in [2.24, 2.45) is 11.8 Å². The highest BCUT2D eigenvalue weighted by Gasteiger charge is 2.59. The lowest BCUT2D eigenvalue weighted by atomic mass is 9.77. The number of thioether (sulfide) groups is 2. The minimum atomic E-state index is -1.34. The van der Waals surface area contributed by atoms with Gasteiger partial charge in [0.2, 0.25) is 15.8 Å². The van der Waals surface area contributed by atoms with E-state index in [9.17, 15) is 19.8 Å². The number of carbonyl (C=O) groups excluding carboxylic acids is 2. The van der Waals surface area contributed by atoms with Crippen LogP contribution in [0.2, 0.25) is 0 Å². The number of aromatic nitrogens is 2. The van der Waals surface area contributed by atoms with Gasteiger partial charge in [-0.2, -0.15) is 16.2 Å². The zero-order valence-corrected chi connectivity index (χ0v) is 21.3. The molecule has 0 spiro atoms. The van der Waals surface area contributed by atoms with E-state index < -0.39 is 18.0 Å². The van der Waals surface area contributed by atoms with E-state index in [0.717, 1.165) is 40.1 Å². The molecule has 2 aromatic rings. The van der Waals surface area contributed by atoms with Crippen molar-refractivity contribution in [3.8, 4) is 0 Å². The first-order chi connectivity index (χ1) is 15.8. The second-order valence-electron chi connectivity index (χ2n) is 8.92. The zero-order valence-electron chi connectivity index (χ0n) is 18.8. The molecule has 5 rings (SSSR count). The predicted octanol–water partition coefficient (Wildman–Crippen LogP) is 0.424. The van der Waals surface area contributed by atoms with Gasteiger partial charge in [-0.15, -0.1) is 0 Å². The fraction of sp³-hybridized carbons (Fsp3) is 0.591. The number of carboxylic acid groups (broad SMARTS) is 1. The summed E-state index contributed by atoms with van der Waals surface area (Å²) in [6.07, 6.45) is 6.51. The van der Waals surface area contributed by atoms with Gasteiger partial charge in [-0.1, -0.05) is 30.0 Å². The molecule has 5 atom stereocenters. The van der Waals surface area contributed by atoms with Crippen LogP contribution in [0, 0.1) is 11.8 Å². The number of hydrogen-bond acceptors (Lipinski definition) is 8. The van der Waals surface area contributed by atoms with Crippen molar-refractivity contribution in [3.63, 3.8) is 0 Å². The zero-order chi connectivity index (χ0) is 23.4. The predicted molar refractivity (Wildman–Crippen MR) is 128 cm³/mol. The largest absolute Gasteiger partial charge is 0.543 e. The van der Waals surface area contributed by atoms with Crippen LogP contribution < -0.4 is 15.0 Å². The minimum Gasteiger partial charge on any atom is -0.543 e. The molecule has 0 saturated carbocycles. The van der Waals surface area contributed by atoms with Gasteiger partial charge >= 0.3 is 0 Å². The van der Waals surface area contributed by atoms with Gasteiger partial charge in [0.25, 0.3) is 6.33 Å². The van der Waals surface area contributed by atoms with E-state index >= 15 is 0 Å². The van der Waals surface area contributed by atoms with E-state index in [2.05, 4.69) is 26.9 Å². The Kier molecular flexibility index (Phi) is 6.28. The standard InChI is InChI=1S/C22H28N4O4S3/c1-11-15(18(22(29)30)26-17(11)16(12(2)27)19(26)28)14-9-25-10-24(20(31-3)21(25)33-14)6-7-32-13-4-5-23-8-13/h9-13,16-17,23,27H,4-8H2,1-3H3/t11-,12+,13-,16+,17+/m0/s1. The molecule has 0 radical (unpaired) electrons. The number of thiazole rings is 1. The molecule has 2 fully saturated rings. The third kappa shape index (κ3) is 3.72. The Morgan fingerprint density at radius 1 is 1.48 bits per heavy atom. The average Bonchev–Trinajstić information content (AvgIpc) is 3.50. The second-order valence-corrected chi connectivity index (χ2v) is 12.1. The molecule has 0 aromatic carbocycles. The summed E-state index contributed by atoms with van der Waals surface area (Å²) < 4.78 is 4.33. The number of β-lactam (4-membered cyclic amide) rings is 1. The smallest absolute Gasteiger partial charge is 0.250 e. The van der Waals surface area contributed by atoms with E-state index in [1.54, 1.807) is 30.0 Å². The van der Waals surface area contributed by atoms with Gasteiger partial charge < -0.3 is 25.2 Å². The molecule has 11 heteroatoms. The fourth-order valence-corrected chi connectivity index (χ4v) is 8.75. The van der Waals surface area contributed by atoms with E-state index in [1.165, 1.54) is 11.3 Å². The number of imidazole rings is 1. The van der Waals surface area contributed by atoms with E-state index in [0.29, 0.717) is 10.8 Å². The summed E-state index contributed by atoms with van der Waals surface area (Å²) in [6.45, 7) is 6.64. The van der Waals surface area contributed by atoms with Crippen molar-refractivity contribution in [1.82, 2.24) is 14.6 Å². The monoisotopic (exact) mass is 508 g/mol. The topological polar surface area (TPSA) is 101 Å². The number of aryl methyl sites for hydroxylation is 1. The van der Waals surface area contributed by atoms with Crippen molar-refractivity contribution in [1.29, 1.82) is 0 Å². The number of nitrogens with zero attached hydrogens (tertiary/aromatic N) is 3. The highest BCUT2D eigenvalue weighted by molar-refractivity contribution is 8.00. The van der Waals surface area contributed by atoms with Crippen LogP contribution in [0.25, 0.3) is 10.4 Å². The van der Waals surface area contributed by atoms with Crippen LogP contribution in [0.15, 0.2) is 23.2 Å². The lowest BCUT2D eigenvalue weighted by molar-refractivity contribution is -0.725. The van der Waals surface area contributed by atoms with Crippen LogP contribution in [0.5, 0.6) is 0 Å². The lowest BCUT2D eigenvalue weighted by Crippen LogP contribution is -2.64. The van der Waals surface area contributed by atoms with Gasteiger partial charge in [0.05, 0.1) is 34.6 Å². The van der Waals surface area contributed by atoms with E-state index in [1.807, 2.05) is 24.9 Å². The maximum Gasteiger partial charge on any atom is 0.250 e. The van der Waals surface area contributed by atoms with Crippen molar-refractivity contribution in [3.05, 3.63) is 23.1 Å². The number of rotatable bonds is 8. The number of aliphatic carboxylic acids is 1. The van der Waals surface area contributed by atoms with Crippen molar-refractivity contribution in [2.45, 2.75) is 49.2 Å². The molecule has 3 aliphatic rings. The first kappa shape index (κ1) is 23.2. The molecule has 3 aliphatic heterocycles. The van der Waals surface area contributed by atoms with Crippen molar-refractivity contribution in [2.75, 3.05) is 25.1 Å². The first-order valence-corrected chi connectivity index (χ1v) is 14.3. The Balaban J connectivity index is 1.44. The number of nitrogens with one attached hydrogen (secondary N) is 1. The number of hydrogen-bond donors (Lipinski definition) is 2. The van der Waals surface area contributed by atoms with E-state index in [4.69, 9.17) is 0 Å². The highest BCUT2D eigenvalue weighted by atomic mass is 32.2. The van der Waals surface area contributed by atoms with Gasteiger partial charge in [0.15, 0.2) is 0 Å². The summed E-state index contributed by atoms with van der Waals surface area (Å²) in [7, 11) is 0. The minimum absolute atomic E-state index is 0.0425. The lowest BCUT2D eigenvalue weighted by Gasteiger charge is -2.47. The Morgan fingerprint density at radius 2 is 2.27 bits per heavy atom. The number of aliphatic hydroxyl groups is 1. The number of carbonyl (C=O) groups is 2. The SMILES string of the molecule is CSc1c2sc(C3=C(C(=O)[O-])N4C(=O)[C@H]([C@@H](C)O)[C@H]4[C@H]3C)cn2c[n+]1CCS[C@H]1CCNC1. The van der Waals surface area contributed by atoms with Gasteiger partial charge in [-0.05, 0) is 26.1 Å². The molecular weight excluding hydrogens is 480 g/mol. The molecule has 0 bridgehead atoms. The van der Waals surface area contributed by atoms with Crippen molar-refractivity contribution >= 4 is 57.1 Å². The van der Waals surface area contributed by atoms with Gasteiger partial charge in [0.1, 0.15) is 12.7 Å². The van der Waals surface area contributed by atoms with Crippen LogP contribution in [0.1, 0.15) is 25.1 Å². The molecule has 1 amide bonds. The number of fused-ring (bicyclic) bond motifs is 2. The van der Waals surface area contributed by atoms with E-state index in [-0.39, 0.29) is 23.6 Å². The Hall–Kier alpha value is -1.53. The quantitative estimate of drug-likeness (QED) is 0.303. The van der Waals surface area contributed by atoms with Crippen LogP contribution in [-0.2, 0) is 16.1 Å². The summed E-state index contributed by atoms with van der Waals surface area (Å²) >= 11 is 5.24. The molecule has 2 N–H and O–H groups in total. The third-order valence-electron chi connectivity index (χ3n) is 6.93. The van der Waals surface area contributed by atoms with Gasteiger partial charge in [-0.25, -0.2) is 4.57 Å². The normalized spacial score (nSPS) is 28.0. The molecular formula is C22H28N4O4S3. The summed E-state index contributed by atoms with van der Waals surface area (Å²) in [5.74, 6) is -1.40. The molecule has 2 saturated heterocycles. The van der Waals surface area contributed by atoms with Gasteiger partial charge in [-0.3, -0.25) is 4.79 Å². The molecule has 0 aliphatic carbocycles. The van der Waals surface area contributed by atoms with Crippen LogP contribution in [0.3, 0.4) is 0 Å².